The summed E-state index contributed by atoms with van der Waals surface area (Å²) in [7, 11) is 1.63. The van der Waals surface area contributed by atoms with Crippen LogP contribution in [0.5, 0.6) is 11.5 Å². The summed E-state index contributed by atoms with van der Waals surface area (Å²) in [5, 5.41) is 17.2. The largest absolute Gasteiger partial charge is 0.497 e. The minimum atomic E-state index is -0.573. The van der Waals surface area contributed by atoms with Gasteiger partial charge < -0.3 is 24.8 Å². The fourth-order valence-electron chi connectivity index (χ4n) is 4.45. The lowest BCUT2D eigenvalue weighted by Crippen LogP contribution is -2.45. The highest BCUT2D eigenvalue weighted by molar-refractivity contribution is 7.17. The Labute approximate surface area is 221 Å². The Hall–Kier alpha value is -2.91. The molecule has 0 bridgehead atoms. The molecule has 1 fully saturated rings. The molecule has 0 spiro atoms. The van der Waals surface area contributed by atoms with Gasteiger partial charge in [0.05, 0.1) is 12.5 Å². The van der Waals surface area contributed by atoms with Crippen molar-refractivity contribution in [3.8, 4) is 22.6 Å². The highest BCUT2D eigenvalue weighted by Crippen LogP contribution is 2.38. The molecule has 0 amide bonds. The maximum absolute atomic E-state index is 10.4. The molecule has 9 heteroatoms. The molecule has 5 rings (SSSR count). The van der Waals surface area contributed by atoms with Gasteiger partial charge in [-0.3, -0.25) is 0 Å². The van der Waals surface area contributed by atoms with Crippen LogP contribution in [-0.4, -0.2) is 60.6 Å². The summed E-state index contributed by atoms with van der Waals surface area (Å²) < 4.78 is 10.9. The summed E-state index contributed by atoms with van der Waals surface area (Å²) >= 11 is 1.67. The number of halogens is 1. The van der Waals surface area contributed by atoms with Crippen molar-refractivity contribution in [2.45, 2.75) is 25.0 Å². The number of aliphatic hydroxyl groups excluding tert-OH is 1. The first-order chi connectivity index (χ1) is 17.2. The number of aromatic nitrogens is 2. The second kappa shape index (κ2) is 12.4. The zero-order valence-electron chi connectivity index (χ0n) is 20.2. The Bertz CT molecular complexity index is 1230. The minimum Gasteiger partial charge on any atom is -0.497 e. The first kappa shape index (κ1) is 26.2. The smallest absolute Gasteiger partial charge is 0.141 e. The van der Waals surface area contributed by atoms with Gasteiger partial charge in [-0.25, -0.2) is 9.97 Å². The van der Waals surface area contributed by atoms with E-state index in [-0.39, 0.29) is 19.0 Å². The summed E-state index contributed by atoms with van der Waals surface area (Å²) in [5.74, 6) is 2.52. The number of benzene rings is 2. The molecular formula is C27H31ClN4O3S. The highest BCUT2D eigenvalue weighted by atomic mass is 35.5. The molecule has 2 aromatic carbocycles. The Kier molecular flexibility index (Phi) is 8.98. The van der Waals surface area contributed by atoms with E-state index in [1.807, 2.05) is 30.3 Å². The molecule has 7 nitrogen and oxygen atoms in total. The molecule has 1 aliphatic rings. The van der Waals surface area contributed by atoms with Crippen LogP contribution >= 0.6 is 23.7 Å². The number of thiophene rings is 1. The molecule has 36 heavy (non-hydrogen) atoms. The Balaban J connectivity index is 0.00000304. The van der Waals surface area contributed by atoms with E-state index in [1.165, 1.54) is 11.1 Å². The molecule has 1 aliphatic heterocycles. The van der Waals surface area contributed by atoms with Crippen LogP contribution in [0, 0.1) is 0 Å². The van der Waals surface area contributed by atoms with Crippen molar-refractivity contribution in [3.63, 3.8) is 0 Å². The van der Waals surface area contributed by atoms with Gasteiger partial charge in [-0.15, -0.1) is 23.7 Å². The van der Waals surface area contributed by atoms with E-state index >= 15 is 0 Å². The molecule has 2 N–H and O–H groups in total. The summed E-state index contributed by atoms with van der Waals surface area (Å²) in [6, 6.07) is 18.2. The van der Waals surface area contributed by atoms with E-state index in [0.29, 0.717) is 12.6 Å². The van der Waals surface area contributed by atoms with Gasteiger partial charge in [-0.05, 0) is 42.7 Å². The van der Waals surface area contributed by atoms with Gasteiger partial charge >= 0.3 is 0 Å². The predicted molar refractivity (Wildman–Crippen MR) is 148 cm³/mol. The molecule has 0 radical (unpaired) electrons. The van der Waals surface area contributed by atoms with Gasteiger partial charge in [0.2, 0.25) is 0 Å². The van der Waals surface area contributed by atoms with Gasteiger partial charge in [-0.1, -0.05) is 30.3 Å². The number of nitrogens with one attached hydrogen (secondary N) is 1. The highest BCUT2D eigenvalue weighted by Gasteiger charge is 2.24. The molecule has 0 saturated carbocycles. The number of fused-ring (bicyclic) bond motifs is 1. The lowest BCUT2D eigenvalue weighted by molar-refractivity contribution is 0.102. The number of nitrogens with zero attached hydrogens (tertiary/aromatic N) is 3. The van der Waals surface area contributed by atoms with Gasteiger partial charge in [0.1, 0.15) is 41.2 Å². The first-order valence-corrected chi connectivity index (χ1v) is 12.8. The number of hydrogen-bond donors (Lipinski definition) is 2. The number of hydrogen-bond acceptors (Lipinski definition) is 8. The van der Waals surface area contributed by atoms with Crippen molar-refractivity contribution in [1.82, 2.24) is 15.3 Å². The number of methoxy groups -OCH3 is 1. The van der Waals surface area contributed by atoms with Crippen LogP contribution in [0.4, 0.5) is 5.82 Å². The number of anilines is 1. The molecule has 1 unspecified atom stereocenters. The van der Waals surface area contributed by atoms with Crippen LogP contribution in [0.25, 0.3) is 21.3 Å². The molecule has 3 heterocycles. The van der Waals surface area contributed by atoms with Crippen LogP contribution in [0.15, 0.2) is 66.3 Å². The van der Waals surface area contributed by atoms with Crippen LogP contribution in [0.2, 0.25) is 0 Å². The third-order valence-corrected chi connectivity index (χ3v) is 7.26. The first-order valence-electron chi connectivity index (χ1n) is 11.9. The van der Waals surface area contributed by atoms with Crippen molar-refractivity contribution < 1.29 is 14.6 Å². The standard InChI is InChI=1S/C27H30N4O3S.ClH/c1-33-22-7-9-23(10-8-22)34-16-21(32)15-28-20-11-13-31(14-12-20)26-25-24(19-5-3-2-4-6-19)17-35-27(25)30-18-29-26;/h2-10,17-18,20-21,28,32H,11-16H2,1H3;1H. The Morgan fingerprint density at radius 1 is 1.06 bits per heavy atom. The Morgan fingerprint density at radius 3 is 2.50 bits per heavy atom. The minimum absolute atomic E-state index is 0. The van der Waals surface area contributed by atoms with Gasteiger partial charge in [0, 0.05) is 36.6 Å². The zero-order chi connectivity index (χ0) is 24.0. The van der Waals surface area contributed by atoms with Crippen LogP contribution in [-0.2, 0) is 0 Å². The van der Waals surface area contributed by atoms with E-state index in [1.54, 1.807) is 24.8 Å². The van der Waals surface area contributed by atoms with Crippen molar-refractivity contribution in [2.75, 3.05) is 38.3 Å². The zero-order valence-corrected chi connectivity index (χ0v) is 21.8. The van der Waals surface area contributed by atoms with E-state index in [9.17, 15) is 5.11 Å². The topological polar surface area (TPSA) is 79.7 Å². The third-order valence-electron chi connectivity index (χ3n) is 6.37. The van der Waals surface area contributed by atoms with E-state index < -0.39 is 6.10 Å². The SMILES string of the molecule is COc1ccc(OCC(O)CNC2CCN(c3ncnc4scc(-c5ccccc5)c34)CC2)cc1.Cl. The average Bonchev–Trinajstić information content (AvgIpc) is 3.36. The molecule has 1 saturated heterocycles. The maximum Gasteiger partial charge on any atom is 0.141 e. The second-order valence-electron chi connectivity index (χ2n) is 8.70. The third kappa shape index (κ3) is 6.07. The number of aliphatic hydroxyl groups is 1. The van der Waals surface area contributed by atoms with Crippen LogP contribution in [0.3, 0.4) is 0 Å². The maximum atomic E-state index is 10.4. The van der Waals surface area contributed by atoms with Crippen LogP contribution < -0.4 is 19.7 Å². The predicted octanol–water partition coefficient (Wildman–Crippen LogP) is 4.79. The van der Waals surface area contributed by atoms with Crippen molar-refractivity contribution in [2.24, 2.45) is 0 Å². The summed E-state index contributed by atoms with van der Waals surface area (Å²) in [6.45, 7) is 2.57. The number of rotatable bonds is 9. The number of piperidine rings is 1. The van der Waals surface area contributed by atoms with E-state index in [2.05, 4.69) is 49.8 Å². The molecule has 190 valence electrons. The molecule has 0 aliphatic carbocycles. The lowest BCUT2D eigenvalue weighted by Gasteiger charge is -2.34. The van der Waals surface area contributed by atoms with E-state index in [0.717, 1.165) is 53.5 Å². The molecule has 4 aromatic rings. The fourth-order valence-corrected chi connectivity index (χ4v) is 5.36. The van der Waals surface area contributed by atoms with Crippen LogP contribution in [0.1, 0.15) is 12.8 Å². The lowest BCUT2D eigenvalue weighted by atomic mass is 10.0. The average molecular weight is 527 g/mol. The fraction of sp³-hybridized carbons (Fsp3) is 0.333. The normalized spacial score (nSPS) is 14.9. The van der Waals surface area contributed by atoms with Gasteiger partial charge in [0.25, 0.3) is 0 Å². The van der Waals surface area contributed by atoms with Crippen molar-refractivity contribution in [1.29, 1.82) is 0 Å². The summed E-state index contributed by atoms with van der Waals surface area (Å²) in [6.07, 6.45) is 3.08. The summed E-state index contributed by atoms with van der Waals surface area (Å²) in [4.78, 5) is 12.6. The Morgan fingerprint density at radius 2 is 1.78 bits per heavy atom. The van der Waals surface area contributed by atoms with Gasteiger partial charge in [-0.2, -0.15) is 0 Å². The van der Waals surface area contributed by atoms with Crippen molar-refractivity contribution >= 4 is 39.8 Å². The summed E-state index contributed by atoms with van der Waals surface area (Å²) in [5.41, 5.74) is 2.39. The molecular weight excluding hydrogens is 496 g/mol. The molecule has 1 atom stereocenters. The van der Waals surface area contributed by atoms with Gasteiger partial charge in [0.15, 0.2) is 0 Å². The van der Waals surface area contributed by atoms with Crippen molar-refractivity contribution in [3.05, 3.63) is 66.3 Å². The molecule has 2 aromatic heterocycles. The number of ether oxygens (including phenoxy) is 2. The van der Waals surface area contributed by atoms with E-state index in [4.69, 9.17) is 9.47 Å². The second-order valence-corrected chi connectivity index (χ2v) is 9.56. The monoisotopic (exact) mass is 526 g/mol. The quantitative estimate of drug-likeness (QED) is 0.324.